The van der Waals surface area contributed by atoms with E-state index in [-0.39, 0.29) is 37.8 Å². The number of carbonyl (C=O) groups excluding carboxylic acids is 1. The van der Waals surface area contributed by atoms with Crippen LogP contribution >= 0.6 is 11.3 Å². The number of benzene rings is 2. The van der Waals surface area contributed by atoms with Gasteiger partial charge in [-0.1, -0.05) is 29.5 Å². The number of rotatable bonds is 9. The number of nitrogens with zero attached hydrogens (tertiary/aromatic N) is 3. The number of thiazole rings is 1. The molecule has 1 amide bonds. The average Bonchev–Trinajstić information content (AvgIpc) is 3.55. The SMILES string of the molecule is CS(=O)(=O)c1ccc(OCC2(CF)CC2)c(C(=O)N2CCN(c3ncc(S(=O)(=O)c4ccccc4)s3)CC2)c1. The minimum Gasteiger partial charge on any atom is -0.492 e. The number of carbonyl (C=O) groups is 1. The summed E-state index contributed by atoms with van der Waals surface area (Å²) in [4.78, 5) is 21.5. The Hall–Kier alpha value is -3.03. The highest BCUT2D eigenvalue weighted by Gasteiger charge is 2.44. The van der Waals surface area contributed by atoms with Crippen molar-refractivity contribution in [2.45, 2.75) is 26.8 Å². The lowest BCUT2D eigenvalue weighted by Gasteiger charge is -2.35. The van der Waals surface area contributed by atoms with Gasteiger partial charge in [-0.25, -0.2) is 21.8 Å². The standard InChI is InChI=1S/C26H28FN3O6S3/c1-38(32,33)20-7-8-22(36-18-26(17-27)9-10-26)21(15-20)24(31)29-11-13-30(14-12-29)25-28-16-23(37-25)39(34,35)19-5-3-2-4-6-19/h2-8,15-16H,9-14,17-18H2,1H3. The van der Waals surface area contributed by atoms with Gasteiger partial charge in [-0.15, -0.1) is 0 Å². The van der Waals surface area contributed by atoms with Crippen molar-refractivity contribution in [2.24, 2.45) is 5.41 Å². The summed E-state index contributed by atoms with van der Waals surface area (Å²) in [5.41, 5.74) is -0.409. The van der Waals surface area contributed by atoms with E-state index >= 15 is 0 Å². The van der Waals surface area contributed by atoms with Crippen LogP contribution < -0.4 is 9.64 Å². The van der Waals surface area contributed by atoms with Crippen LogP contribution in [-0.2, 0) is 19.7 Å². The summed E-state index contributed by atoms with van der Waals surface area (Å²) in [5, 5.41) is 0.542. The molecule has 208 valence electrons. The Morgan fingerprint density at radius 3 is 2.33 bits per heavy atom. The Labute approximate surface area is 231 Å². The fourth-order valence-electron chi connectivity index (χ4n) is 4.26. The van der Waals surface area contributed by atoms with E-state index in [2.05, 4.69) is 4.98 Å². The third-order valence-corrected chi connectivity index (χ3v) is 11.4. The molecule has 0 N–H and O–H groups in total. The van der Waals surface area contributed by atoms with Crippen LogP contribution in [0.5, 0.6) is 5.75 Å². The number of piperazine rings is 1. The van der Waals surface area contributed by atoms with Crippen molar-refractivity contribution in [3.63, 3.8) is 0 Å². The predicted molar refractivity (Wildman–Crippen MR) is 145 cm³/mol. The predicted octanol–water partition coefficient (Wildman–Crippen LogP) is 3.47. The van der Waals surface area contributed by atoms with Crippen molar-refractivity contribution < 1.29 is 30.8 Å². The number of hydrogen-bond donors (Lipinski definition) is 0. The molecule has 0 spiro atoms. The summed E-state index contributed by atoms with van der Waals surface area (Å²) in [7, 11) is -7.24. The molecule has 2 aromatic carbocycles. The Morgan fingerprint density at radius 1 is 1.03 bits per heavy atom. The van der Waals surface area contributed by atoms with Crippen molar-refractivity contribution in [2.75, 3.05) is 50.6 Å². The largest absolute Gasteiger partial charge is 0.492 e. The molecule has 1 saturated carbocycles. The summed E-state index contributed by atoms with van der Waals surface area (Å²) >= 11 is 1.08. The highest BCUT2D eigenvalue weighted by molar-refractivity contribution is 7.93. The second-order valence-electron chi connectivity index (χ2n) is 9.91. The van der Waals surface area contributed by atoms with Gasteiger partial charge in [0.25, 0.3) is 5.91 Å². The number of hydrogen-bond acceptors (Lipinski definition) is 9. The average molecular weight is 594 g/mol. The van der Waals surface area contributed by atoms with E-state index < -0.39 is 31.8 Å². The molecule has 5 rings (SSSR count). The number of alkyl halides is 1. The zero-order valence-electron chi connectivity index (χ0n) is 21.2. The van der Waals surface area contributed by atoms with E-state index in [4.69, 9.17) is 4.74 Å². The lowest BCUT2D eigenvalue weighted by atomic mass is 10.1. The molecule has 1 saturated heterocycles. The van der Waals surface area contributed by atoms with E-state index in [1.807, 2.05) is 4.90 Å². The molecule has 0 bridgehead atoms. The van der Waals surface area contributed by atoms with Gasteiger partial charge >= 0.3 is 0 Å². The zero-order valence-corrected chi connectivity index (χ0v) is 23.7. The second-order valence-corrected chi connectivity index (χ2v) is 15.1. The Kier molecular flexibility index (Phi) is 7.42. The number of aromatic nitrogens is 1. The van der Waals surface area contributed by atoms with Gasteiger partial charge in [-0.3, -0.25) is 9.18 Å². The van der Waals surface area contributed by atoms with Crippen molar-refractivity contribution in [1.82, 2.24) is 9.88 Å². The van der Waals surface area contributed by atoms with Crippen LogP contribution in [0.25, 0.3) is 0 Å². The van der Waals surface area contributed by atoms with Crippen molar-refractivity contribution in [1.29, 1.82) is 0 Å². The molecule has 1 aliphatic heterocycles. The van der Waals surface area contributed by atoms with E-state index in [9.17, 15) is 26.0 Å². The molecule has 3 aromatic rings. The Balaban J connectivity index is 1.30. The van der Waals surface area contributed by atoms with Crippen LogP contribution in [0, 0.1) is 5.41 Å². The first kappa shape index (κ1) is 27.5. The molecule has 0 radical (unpaired) electrons. The first-order valence-electron chi connectivity index (χ1n) is 12.4. The highest BCUT2D eigenvalue weighted by Crippen LogP contribution is 2.46. The maximum atomic E-state index is 13.5. The molecule has 2 aliphatic rings. The summed E-state index contributed by atoms with van der Waals surface area (Å²) in [6, 6.07) is 12.3. The zero-order chi connectivity index (χ0) is 27.8. The molecule has 39 heavy (non-hydrogen) atoms. The van der Waals surface area contributed by atoms with E-state index in [1.165, 1.54) is 36.5 Å². The van der Waals surface area contributed by atoms with Crippen LogP contribution in [0.2, 0.25) is 0 Å². The van der Waals surface area contributed by atoms with Gasteiger partial charge in [0.15, 0.2) is 15.0 Å². The van der Waals surface area contributed by atoms with Gasteiger partial charge in [-0.2, -0.15) is 0 Å². The summed E-state index contributed by atoms with van der Waals surface area (Å²) in [6.07, 6.45) is 3.84. The molecule has 0 unspecified atom stereocenters. The quantitative estimate of drug-likeness (QED) is 0.371. The van der Waals surface area contributed by atoms with Crippen molar-refractivity contribution in [3.8, 4) is 5.75 Å². The molecular formula is C26H28FN3O6S3. The Bertz CT molecular complexity index is 1580. The van der Waals surface area contributed by atoms with Crippen molar-refractivity contribution in [3.05, 3.63) is 60.3 Å². The lowest BCUT2D eigenvalue weighted by Crippen LogP contribution is -2.48. The fourth-order valence-corrected chi connectivity index (χ4v) is 7.50. The topological polar surface area (TPSA) is 114 Å². The van der Waals surface area contributed by atoms with Crippen LogP contribution in [0.1, 0.15) is 23.2 Å². The molecule has 1 aliphatic carbocycles. The first-order valence-corrected chi connectivity index (χ1v) is 16.5. The van der Waals surface area contributed by atoms with E-state index in [0.717, 1.165) is 17.6 Å². The van der Waals surface area contributed by atoms with E-state index in [0.29, 0.717) is 44.2 Å². The fraction of sp³-hybridized carbons (Fsp3) is 0.385. The number of halogens is 1. The van der Waals surface area contributed by atoms with Crippen LogP contribution in [-0.4, -0.2) is 78.3 Å². The van der Waals surface area contributed by atoms with Gasteiger partial charge in [0.1, 0.15) is 9.96 Å². The highest BCUT2D eigenvalue weighted by atomic mass is 32.2. The number of anilines is 1. The first-order chi connectivity index (χ1) is 18.5. The minimum atomic E-state index is -3.67. The molecule has 2 heterocycles. The summed E-state index contributed by atoms with van der Waals surface area (Å²) in [5.74, 6) is -0.156. The van der Waals surface area contributed by atoms with Crippen LogP contribution in [0.3, 0.4) is 0 Å². The van der Waals surface area contributed by atoms with Gasteiger partial charge < -0.3 is 14.5 Å². The molecule has 2 fully saturated rings. The smallest absolute Gasteiger partial charge is 0.257 e. The molecule has 0 atom stereocenters. The van der Waals surface area contributed by atoms with Gasteiger partial charge in [-0.05, 0) is 43.2 Å². The maximum Gasteiger partial charge on any atom is 0.257 e. The van der Waals surface area contributed by atoms with Crippen LogP contribution in [0.15, 0.2) is 68.7 Å². The van der Waals surface area contributed by atoms with E-state index in [1.54, 1.807) is 23.1 Å². The molecule has 13 heteroatoms. The normalized spacial score (nSPS) is 17.2. The number of amides is 1. The Morgan fingerprint density at radius 2 is 1.72 bits per heavy atom. The van der Waals surface area contributed by atoms with Crippen LogP contribution in [0.4, 0.5) is 9.52 Å². The lowest BCUT2D eigenvalue weighted by molar-refractivity contribution is 0.0740. The van der Waals surface area contributed by atoms with Gasteiger partial charge in [0.2, 0.25) is 9.84 Å². The van der Waals surface area contributed by atoms with Gasteiger partial charge in [0.05, 0.1) is 34.8 Å². The number of ether oxygens (including phenoxy) is 1. The monoisotopic (exact) mass is 593 g/mol. The minimum absolute atomic E-state index is 0.00148. The maximum absolute atomic E-state index is 13.5. The third kappa shape index (κ3) is 5.80. The second kappa shape index (κ2) is 10.5. The summed E-state index contributed by atoms with van der Waals surface area (Å²) in [6.45, 7) is 1.07. The molecule has 1 aromatic heterocycles. The number of sulfone groups is 2. The van der Waals surface area contributed by atoms with Crippen molar-refractivity contribution >= 4 is 42.1 Å². The third-order valence-electron chi connectivity index (χ3n) is 7.01. The molecule has 9 nitrogen and oxygen atoms in total. The van der Waals surface area contributed by atoms with Gasteiger partial charge in [0, 0.05) is 37.8 Å². The molecular weight excluding hydrogens is 566 g/mol. The summed E-state index contributed by atoms with van der Waals surface area (Å²) < 4.78 is 69.5.